The maximum absolute atomic E-state index is 12.3. The number of nitrogens with zero attached hydrogens (tertiary/aromatic N) is 5. The van der Waals surface area contributed by atoms with Gasteiger partial charge in [0.05, 0.1) is 5.75 Å². The van der Waals surface area contributed by atoms with Gasteiger partial charge in [-0.2, -0.15) is 0 Å². The first kappa shape index (κ1) is 19.0. The van der Waals surface area contributed by atoms with Crippen molar-refractivity contribution in [2.45, 2.75) is 18.5 Å². The highest BCUT2D eigenvalue weighted by atomic mass is 32.2. The molecule has 1 aromatic carbocycles. The minimum atomic E-state index is -0.185. The smallest absolute Gasteiger partial charge is 0.236 e. The topological polar surface area (TPSA) is 90.8 Å². The van der Waals surface area contributed by atoms with Crippen LogP contribution < -0.4 is 5.32 Å². The Bertz CT molecular complexity index is 1120. The maximum Gasteiger partial charge on any atom is 0.236 e. The predicted octanol–water partition coefficient (Wildman–Crippen LogP) is 3.22. The standard InChI is InChI=1S/C20H20N6O2S/c1-14-11-17(24-28-14)21-19(27)13-29-20-23-22-18(12-16-9-6-10-25(16)2)26(20)15-7-4-3-5-8-15/h3-11H,12-13H2,1-2H3,(H,21,24,27). The van der Waals surface area contributed by atoms with Gasteiger partial charge in [0, 0.05) is 37.1 Å². The van der Waals surface area contributed by atoms with E-state index >= 15 is 0 Å². The molecule has 0 aliphatic carbocycles. The van der Waals surface area contributed by atoms with Gasteiger partial charge < -0.3 is 14.4 Å². The fourth-order valence-corrected chi connectivity index (χ4v) is 3.69. The second-order valence-corrected chi connectivity index (χ2v) is 7.46. The van der Waals surface area contributed by atoms with E-state index in [9.17, 15) is 4.79 Å². The third-order valence-corrected chi connectivity index (χ3v) is 5.26. The number of para-hydroxylation sites is 1. The zero-order chi connectivity index (χ0) is 20.2. The molecule has 3 heterocycles. The summed E-state index contributed by atoms with van der Waals surface area (Å²) in [6.07, 6.45) is 2.64. The summed E-state index contributed by atoms with van der Waals surface area (Å²) in [5.74, 6) is 1.85. The number of nitrogens with one attached hydrogen (secondary N) is 1. The molecule has 8 nitrogen and oxygen atoms in total. The van der Waals surface area contributed by atoms with Crippen LogP contribution in [0.3, 0.4) is 0 Å². The molecule has 0 atom stereocenters. The minimum absolute atomic E-state index is 0.182. The Hall–Kier alpha value is -3.33. The Labute approximate surface area is 171 Å². The third-order valence-electron chi connectivity index (χ3n) is 4.33. The summed E-state index contributed by atoms with van der Waals surface area (Å²) in [6.45, 7) is 1.77. The number of hydrogen-bond acceptors (Lipinski definition) is 6. The van der Waals surface area contributed by atoms with Gasteiger partial charge in [-0.3, -0.25) is 9.36 Å². The molecule has 4 rings (SSSR count). The summed E-state index contributed by atoms with van der Waals surface area (Å²) < 4.78 is 9.02. The lowest BCUT2D eigenvalue weighted by atomic mass is 10.2. The number of amides is 1. The first-order valence-electron chi connectivity index (χ1n) is 9.06. The zero-order valence-corrected chi connectivity index (χ0v) is 16.9. The number of carbonyl (C=O) groups is 1. The summed E-state index contributed by atoms with van der Waals surface area (Å²) in [6, 6.07) is 15.6. The third kappa shape index (κ3) is 4.40. The van der Waals surface area contributed by atoms with Gasteiger partial charge in [0.1, 0.15) is 11.6 Å². The molecule has 148 valence electrons. The van der Waals surface area contributed by atoms with Gasteiger partial charge in [-0.1, -0.05) is 35.1 Å². The molecule has 29 heavy (non-hydrogen) atoms. The van der Waals surface area contributed by atoms with E-state index in [0.29, 0.717) is 23.2 Å². The van der Waals surface area contributed by atoms with E-state index in [1.54, 1.807) is 13.0 Å². The van der Waals surface area contributed by atoms with E-state index in [2.05, 4.69) is 31.3 Å². The summed E-state index contributed by atoms with van der Waals surface area (Å²) in [7, 11) is 2.00. The van der Waals surface area contributed by atoms with Crippen molar-refractivity contribution in [3.63, 3.8) is 0 Å². The Morgan fingerprint density at radius 1 is 1.17 bits per heavy atom. The van der Waals surface area contributed by atoms with E-state index in [1.165, 1.54) is 11.8 Å². The number of carbonyl (C=O) groups excluding carboxylic acids is 1. The van der Waals surface area contributed by atoms with E-state index in [-0.39, 0.29) is 11.7 Å². The molecule has 1 N–H and O–H groups in total. The number of aromatic nitrogens is 5. The van der Waals surface area contributed by atoms with Crippen LogP contribution >= 0.6 is 11.8 Å². The van der Waals surface area contributed by atoms with Gasteiger partial charge in [-0.25, -0.2) is 0 Å². The van der Waals surface area contributed by atoms with Crippen LogP contribution in [0.2, 0.25) is 0 Å². The van der Waals surface area contributed by atoms with Crippen molar-refractivity contribution in [2.75, 3.05) is 11.1 Å². The first-order valence-corrected chi connectivity index (χ1v) is 10.0. The van der Waals surface area contributed by atoms with Crippen LogP contribution in [0.25, 0.3) is 5.69 Å². The fraction of sp³-hybridized carbons (Fsp3) is 0.200. The van der Waals surface area contributed by atoms with Crippen LogP contribution in [0.4, 0.5) is 5.82 Å². The fourth-order valence-electron chi connectivity index (χ4n) is 2.92. The average Bonchev–Trinajstić information content (AvgIpc) is 3.42. The molecule has 0 aliphatic heterocycles. The number of anilines is 1. The molecule has 0 unspecified atom stereocenters. The van der Waals surface area contributed by atoms with E-state index in [4.69, 9.17) is 4.52 Å². The van der Waals surface area contributed by atoms with E-state index in [1.807, 2.05) is 54.2 Å². The second kappa shape index (κ2) is 8.36. The van der Waals surface area contributed by atoms with Crippen LogP contribution in [0.5, 0.6) is 0 Å². The largest absolute Gasteiger partial charge is 0.360 e. The van der Waals surface area contributed by atoms with Crippen molar-refractivity contribution in [3.05, 3.63) is 72.0 Å². The lowest BCUT2D eigenvalue weighted by Crippen LogP contribution is -2.15. The first-order chi connectivity index (χ1) is 14.1. The molecule has 0 saturated carbocycles. The van der Waals surface area contributed by atoms with Gasteiger partial charge in [0.25, 0.3) is 0 Å². The predicted molar refractivity (Wildman–Crippen MR) is 110 cm³/mol. The highest BCUT2D eigenvalue weighted by molar-refractivity contribution is 7.99. The SMILES string of the molecule is Cc1cc(NC(=O)CSc2nnc(Cc3cccn3C)n2-c2ccccc2)no1. The Morgan fingerprint density at radius 2 is 2.00 bits per heavy atom. The summed E-state index contributed by atoms with van der Waals surface area (Å²) >= 11 is 1.33. The van der Waals surface area contributed by atoms with Crippen LogP contribution in [-0.2, 0) is 18.3 Å². The van der Waals surface area contributed by atoms with Crippen molar-refractivity contribution in [3.8, 4) is 5.69 Å². The van der Waals surface area contributed by atoms with Crippen LogP contribution in [0, 0.1) is 6.92 Å². The van der Waals surface area contributed by atoms with E-state index < -0.39 is 0 Å². The van der Waals surface area contributed by atoms with Crippen molar-refractivity contribution in [2.24, 2.45) is 7.05 Å². The number of rotatable bonds is 7. The van der Waals surface area contributed by atoms with Crippen molar-refractivity contribution in [1.82, 2.24) is 24.5 Å². The number of benzene rings is 1. The van der Waals surface area contributed by atoms with Crippen molar-refractivity contribution >= 4 is 23.5 Å². The zero-order valence-electron chi connectivity index (χ0n) is 16.1. The van der Waals surface area contributed by atoms with Gasteiger partial charge in [-0.05, 0) is 31.2 Å². The summed E-state index contributed by atoms with van der Waals surface area (Å²) in [5.41, 5.74) is 2.09. The summed E-state index contributed by atoms with van der Waals surface area (Å²) in [4.78, 5) is 12.3. The van der Waals surface area contributed by atoms with Crippen molar-refractivity contribution in [1.29, 1.82) is 0 Å². The van der Waals surface area contributed by atoms with Crippen molar-refractivity contribution < 1.29 is 9.32 Å². The van der Waals surface area contributed by atoms with Gasteiger partial charge in [0.2, 0.25) is 5.91 Å². The molecule has 0 aliphatic rings. The number of thioether (sulfide) groups is 1. The summed E-state index contributed by atoms with van der Waals surface area (Å²) in [5, 5.41) is 15.9. The average molecular weight is 408 g/mol. The number of hydrogen-bond donors (Lipinski definition) is 1. The molecular weight excluding hydrogens is 388 g/mol. The van der Waals surface area contributed by atoms with Crippen LogP contribution in [-0.4, -0.2) is 36.1 Å². The van der Waals surface area contributed by atoms with Crippen LogP contribution in [0.15, 0.2) is 64.4 Å². The van der Waals surface area contributed by atoms with Gasteiger partial charge in [-0.15, -0.1) is 10.2 Å². The number of aryl methyl sites for hydroxylation is 2. The van der Waals surface area contributed by atoms with E-state index in [0.717, 1.165) is 17.2 Å². The monoisotopic (exact) mass is 408 g/mol. The van der Waals surface area contributed by atoms with Gasteiger partial charge in [0.15, 0.2) is 11.0 Å². The quantitative estimate of drug-likeness (QED) is 0.472. The molecule has 0 spiro atoms. The normalized spacial score (nSPS) is 11.0. The molecule has 0 bridgehead atoms. The van der Waals surface area contributed by atoms with Gasteiger partial charge >= 0.3 is 0 Å². The molecule has 0 saturated heterocycles. The Morgan fingerprint density at radius 3 is 2.69 bits per heavy atom. The highest BCUT2D eigenvalue weighted by Crippen LogP contribution is 2.23. The molecular formula is C20H20N6O2S. The molecule has 3 aromatic heterocycles. The molecule has 0 radical (unpaired) electrons. The van der Waals surface area contributed by atoms with Crippen LogP contribution in [0.1, 0.15) is 17.3 Å². The maximum atomic E-state index is 12.3. The highest BCUT2D eigenvalue weighted by Gasteiger charge is 2.17. The second-order valence-electron chi connectivity index (χ2n) is 6.52. The molecule has 1 amide bonds. The minimum Gasteiger partial charge on any atom is -0.360 e. The molecule has 9 heteroatoms. The molecule has 0 fully saturated rings. The lowest BCUT2D eigenvalue weighted by Gasteiger charge is -2.10. The lowest BCUT2D eigenvalue weighted by molar-refractivity contribution is -0.113. The molecule has 4 aromatic rings. The Balaban J connectivity index is 1.54. The Kier molecular flexibility index (Phi) is 5.48.